The van der Waals surface area contributed by atoms with Crippen LogP contribution in [0.2, 0.25) is 0 Å². The summed E-state index contributed by atoms with van der Waals surface area (Å²) in [4.78, 5) is 7.12. The number of pyridine rings is 1. The van der Waals surface area contributed by atoms with Crippen LogP contribution < -0.4 is 5.32 Å². The summed E-state index contributed by atoms with van der Waals surface area (Å²) >= 11 is 0. The normalized spacial score (nSPS) is 13.7. The smallest absolute Gasteiger partial charge is 0.0547 e. The molecular weight excluding hydrogens is 258 g/mol. The van der Waals surface area contributed by atoms with E-state index in [1.165, 1.54) is 12.1 Å². The lowest BCUT2D eigenvalue weighted by molar-refractivity contribution is 0.141. The third kappa shape index (κ3) is 6.15. The molecule has 0 aliphatic heterocycles. The van der Waals surface area contributed by atoms with Crippen LogP contribution in [0.1, 0.15) is 52.4 Å². The van der Waals surface area contributed by atoms with E-state index in [1.807, 2.05) is 0 Å². The monoisotopic (exact) mass is 291 g/mol. The van der Waals surface area contributed by atoms with Gasteiger partial charge >= 0.3 is 0 Å². The van der Waals surface area contributed by atoms with Crippen molar-refractivity contribution in [1.29, 1.82) is 0 Å². The quantitative estimate of drug-likeness (QED) is 0.753. The molecule has 3 nitrogen and oxygen atoms in total. The van der Waals surface area contributed by atoms with Crippen molar-refractivity contribution in [2.45, 2.75) is 60.5 Å². The van der Waals surface area contributed by atoms with Crippen molar-refractivity contribution < 1.29 is 0 Å². The molecule has 0 fully saturated rings. The van der Waals surface area contributed by atoms with Gasteiger partial charge in [0.25, 0.3) is 0 Å². The molecule has 0 aliphatic rings. The van der Waals surface area contributed by atoms with Crippen molar-refractivity contribution >= 4 is 0 Å². The summed E-state index contributed by atoms with van der Waals surface area (Å²) in [5, 5.41) is 3.63. The summed E-state index contributed by atoms with van der Waals surface area (Å²) in [5.74, 6) is 0. The average Bonchev–Trinajstić information content (AvgIpc) is 2.43. The number of aryl methyl sites for hydroxylation is 1. The number of hydrogen-bond donors (Lipinski definition) is 1. The van der Waals surface area contributed by atoms with E-state index >= 15 is 0 Å². The van der Waals surface area contributed by atoms with Crippen molar-refractivity contribution in [3.8, 4) is 0 Å². The molecule has 1 aromatic rings. The molecule has 120 valence electrons. The third-order valence-corrected chi connectivity index (χ3v) is 4.28. The second-order valence-electron chi connectivity index (χ2n) is 6.74. The Bertz CT molecular complexity index is 415. The molecule has 3 heteroatoms. The van der Waals surface area contributed by atoms with Gasteiger partial charge < -0.3 is 5.32 Å². The topological polar surface area (TPSA) is 28.2 Å². The molecule has 1 rings (SSSR count). The minimum absolute atomic E-state index is 0.245. The van der Waals surface area contributed by atoms with E-state index in [-0.39, 0.29) is 5.41 Å². The lowest BCUT2D eigenvalue weighted by Crippen LogP contribution is -2.46. The van der Waals surface area contributed by atoms with Crippen LogP contribution in [0.5, 0.6) is 0 Å². The van der Waals surface area contributed by atoms with Gasteiger partial charge in [0.15, 0.2) is 0 Å². The second kappa shape index (κ2) is 8.50. The Kier molecular flexibility index (Phi) is 7.33. The van der Waals surface area contributed by atoms with E-state index in [0.717, 1.165) is 31.9 Å². The Balaban J connectivity index is 2.63. The van der Waals surface area contributed by atoms with Crippen molar-refractivity contribution in [1.82, 2.24) is 15.2 Å². The Morgan fingerprint density at radius 3 is 2.57 bits per heavy atom. The first-order chi connectivity index (χ1) is 9.89. The highest BCUT2D eigenvalue weighted by molar-refractivity contribution is 5.09. The minimum atomic E-state index is 0.245. The van der Waals surface area contributed by atoms with Crippen LogP contribution >= 0.6 is 0 Å². The van der Waals surface area contributed by atoms with E-state index in [1.54, 1.807) is 0 Å². The van der Waals surface area contributed by atoms with Crippen molar-refractivity contribution in [2.75, 3.05) is 19.6 Å². The van der Waals surface area contributed by atoms with Crippen molar-refractivity contribution in [3.05, 3.63) is 29.6 Å². The van der Waals surface area contributed by atoms with E-state index < -0.39 is 0 Å². The van der Waals surface area contributed by atoms with E-state index in [0.29, 0.717) is 6.04 Å². The fourth-order valence-electron chi connectivity index (χ4n) is 2.55. The van der Waals surface area contributed by atoms with E-state index in [2.05, 4.69) is 74.9 Å². The maximum absolute atomic E-state index is 4.63. The van der Waals surface area contributed by atoms with Crippen LogP contribution in [0.25, 0.3) is 0 Å². The SMILES string of the molecule is CCCNC(C)C(C)(C)CN(CC)Cc1cccc(C)n1. The first-order valence-corrected chi connectivity index (χ1v) is 8.27. The van der Waals surface area contributed by atoms with Gasteiger partial charge in [0.1, 0.15) is 0 Å². The Labute approximate surface area is 131 Å². The van der Waals surface area contributed by atoms with Crippen LogP contribution in [0.15, 0.2) is 18.2 Å². The highest BCUT2D eigenvalue weighted by Crippen LogP contribution is 2.23. The zero-order valence-corrected chi connectivity index (χ0v) is 14.7. The summed E-state index contributed by atoms with van der Waals surface area (Å²) in [7, 11) is 0. The highest BCUT2D eigenvalue weighted by atomic mass is 15.1. The zero-order chi connectivity index (χ0) is 15.9. The van der Waals surface area contributed by atoms with Crippen LogP contribution in [0.3, 0.4) is 0 Å². The van der Waals surface area contributed by atoms with Gasteiger partial charge in [0, 0.05) is 24.8 Å². The predicted octanol–water partition coefficient (Wildman–Crippen LogP) is 3.63. The predicted molar refractivity (Wildman–Crippen MR) is 91.5 cm³/mol. The Morgan fingerprint density at radius 2 is 2.00 bits per heavy atom. The Morgan fingerprint density at radius 1 is 1.29 bits per heavy atom. The fourth-order valence-corrected chi connectivity index (χ4v) is 2.55. The number of aromatic nitrogens is 1. The number of hydrogen-bond acceptors (Lipinski definition) is 3. The molecule has 1 N–H and O–H groups in total. The number of rotatable bonds is 9. The van der Waals surface area contributed by atoms with Gasteiger partial charge in [-0.2, -0.15) is 0 Å². The summed E-state index contributed by atoms with van der Waals surface area (Å²) in [6, 6.07) is 6.79. The van der Waals surface area contributed by atoms with E-state index in [9.17, 15) is 0 Å². The molecule has 0 amide bonds. The first kappa shape index (κ1) is 18.1. The summed E-state index contributed by atoms with van der Waals surface area (Å²) < 4.78 is 0. The van der Waals surface area contributed by atoms with Crippen LogP contribution in [0, 0.1) is 12.3 Å². The molecule has 1 atom stereocenters. The third-order valence-electron chi connectivity index (χ3n) is 4.28. The average molecular weight is 291 g/mol. The molecule has 1 aromatic heterocycles. The van der Waals surface area contributed by atoms with Gasteiger partial charge in [-0.3, -0.25) is 9.88 Å². The molecule has 0 saturated heterocycles. The van der Waals surface area contributed by atoms with Gasteiger partial charge in [-0.1, -0.05) is 33.8 Å². The van der Waals surface area contributed by atoms with Crippen molar-refractivity contribution in [3.63, 3.8) is 0 Å². The molecular formula is C18H33N3. The van der Waals surface area contributed by atoms with Gasteiger partial charge in [-0.25, -0.2) is 0 Å². The largest absolute Gasteiger partial charge is 0.314 e. The number of nitrogens with one attached hydrogen (secondary N) is 1. The molecule has 21 heavy (non-hydrogen) atoms. The van der Waals surface area contributed by atoms with Gasteiger partial charge in [-0.15, -0.1) is 0 Å². The maximum Gasteiger partial charge on any atom is 0.0547 e. The summed E-state index contributed by atoms with van der Waals surface area (Å²) in [6.07, 6.45) is 1.19. The molecule has 0 bridgehead atoms. The first-order valence-electron chi connectivity index (χ1n) is 8.27. The van der Waals surface area contributed by atoms with E-state index in [4.69, 9.17) is 0 Å². The molecule has 1 unspecified atom stereocenters. The standard InChI is InChI=1S/C18H33N3/c1-7-12-19-16(4)18(5,6)14-21(8-2)13-17-11-9-10-15(3)20-17/h9-11,16,19H,7-8,12-14H2,1-6H3. The molecule has 0 saturated carbocycles. The van der Waals surface area contributed by atoms with Gasteiger partial charge in [0.05, 0.1) is 5.69 Å². The van der Waals surface area contributed by atoms with Crippen molar-refractivity contribution in [2.24, 2.45) is 5.41 Å². The van der Waals surface area contributed by atoms with Gasteiger partial charge in [-0.05, 0) is 50.9 Å². The molecule has 0 aliphatic carbocycles. The molecule has 0 radical (unpaired) electrons. The zero-order valence-electron chi connectivity index (χ0n) is 14.7. The minimum Gasteiger partial charge on any atom is -0.314 e. The van der Waals surface area contributed by atoms with Gasteiger partial charge in [0.2, 0.25) is 0 Å². The van der Waals surface area contributed by atoms with Crippen LogP contribution in [0.4, 0.5) is 0 Å². The molecule has 1 heterocycles. The second-order valence-corrected chi connectivity index (χ2v) is 6.74. The maximum atomic E-state index is 4.63. The molecule has 0 spiro atoms. The van der Waals surface area contributed by atoms with Crippen LogP contribution in [-0.2, 0) is 6.54 Å². The summed E-state index contributed by atoms with van der Waals surface area (Å²) in [5.41, 5.74) is 2.51. The Hall–Kier alpha value is -0.930. The summed E-state index contributed by atoms with van der Waals surface area (Å²) in [6.45, 7) is 17.7. The fraction of sp³-hybridized carbons (Fsp3) is 0.722. The number of nitrogens with zero attached hydrogens (tertiary/aromatic N) is 2. The van der Waals surface area contributed by atoms with Crippen LogP contribution in [-0.4, -0.2) is 35.6 Å². The molecule has 0 aromatic carbocycles. The highest BCUT2D eigenvalue weighted by Gasteiger charge is 2.27. The lowest BCUT2D eigenvalue weighted by Gasteiger charge is -2.37. The lowest BCUT2D eigenvalue weighted by atomic mass is 9.84.